The molecule has 0 saturated carbocycles. The van der Waals surface area contributed by atoms with E-state index in [0.29, 0.717) is 30.0 Å². The largest absolute Gasteiger partial charge is 0.493 e. The van der Waals surface area contributed by atoms with E-state index in [9.17, 15) is 9.59 Å². The van der Waals surface area contributed by atoms with E-state index in [1.54, 1.807) is 24.3 Å². The van der Waals surface area contributed by atoms with Crippen LogP contribution in [0.4, 0.5) is 0 Å². The maximum atomic E-state index is 12.9. The molecule has 4 aromatic rings. The first-order valence-electron chi connectivity index (χ1n) is 10.7. The summed E-state index contributed by atoms with van der Waals surface area (Å²) in [5.74, 6) is -0.861. The number of carbonyl (C=O) groups is 2. The number of carbonyl (C=O) groups excluding carboxylic acids is 2. The summed E-state index contributed by atoms with van der Waals surface area (Å²) in [6.07, 6.45) is 0.713. The van der Waals surface area contributed by atoms with E-state index in [1.807, 2.05) is 60.7 Å². The second-order valence-electron chi connectivity index (χ2n) is 7.38. The Morgan fingerprint density at radius 3 is 2.09 bits per heavy atom. The van der Waals surface area contributed by atoms with Gasteiger partial charge in [-0.05, 0) is 29.8 Å². The molecule has 4 rings (SSSR count). The first kappa shape index (κ1) is 22.8. The molecule has 0 saturated heterocycles. The number of nitrogens with zero attached hydrogens (tertiary/aromatic N) is 2. The van der Waals surface area contributed by atoms with E-state index in [0.717, 1.165) is 5.56 Å². The Morgan fingerprint density at radius 1 is 0.794 bits per heavy atom. The van der Waals surface area contributed by atoms with Gasteiger partial charge in [0.05, 0.1) is 26.5 Å². The van der Waals surface area contributed by atoms with Crippen LogP contribution in [0.15, 0.2) is 84.9 Å². The lowest BCUT2D eigenvalue weighted by molar-refractivity contribution is 0.0549. The van der Waals surface area contributed by atoms with Gasteiger partial charge >= 0.3 is 11.9 Å². The van der Waals surface area contributed by atoms with Crippen molar-refractivity contribution >= 4 is 11.9 Å². The van der Waals surface area contributed by atoms with Crippen LogP contribution < -0.4 is 4.74 Å². The minimum absolute atomic E-state index is 0.0114. The molecule has 34 heavy (non-hydrogen) atoms. The van der Waals surface area contributed by atoms with Crippen molar-refractivity contribution in [3.8, 4) is 22.7 Å². The number of rotatable bonds is 8. The molecular formula is C27H24N2O5. The highest BCUT2D eigenvalue weighted by molar-refractivity contribution is 6.07. The van der Waals surface area contributed by atoms with Crippen LogP contribution in [0.2, 0.25) is 0 Å². The average molecular weight is 456 g/mol. The Bertz CT molecular complexity index is 1280. The molecule has 0 bridgehead atoms. The lowest BCUT2D eigenvalue weighted by Gasteiger charge is -2.11. The molecule has 7 heteroatoms. The molecule has 3 aromatic carbocycles. The molecule has 1 heterocycles. The molecule has 0 atom stereocenters. The summed E-state index contributed by atoms with van der Waals surface area (Å²) in [4.78, 5) is 25.7. The van der Waals surface area contributed by atoms with Crippen LogP contribution in [-0.4, -0.2) is 42.5 Å². The molecule has 0 radical (unpaired) electrons. The van der Waals surface area contributed by atoms with E-state index in [1.165, 1.54) is 18.9 Å². The number of methoxy groups -OCH3 is 2. The summed E-state index contributed by atoms with van der Waals surface area (Å²) in [5, 5.41) is 4.65. The Kier molecular flexibility index (Phi) is 7.03. The van der Waals surface area contributed by atoms with Crippen molar-refractivity contribution < 1.29 is 23.8 Å². The van der Waals surface area contributed by atoms with Crippen LogP contribution in [0.3, 0.4) is 0 Å². The topological polar surface area (TPSA) is 79.7 Å². The Labute approximate surface area is 197 Å². The lowest BCUT2D eigenvalue weighted by Crippen LogP contribution is -2.15. The smallest absolute Gasteiger partial charge is 0.357 e. The van der Waals surface area contributed by atoms with E-state index in [-0.39, 0.29) is 17.0 Å². The van der Waals surface area contributed by atoms with Gasteiger partial charge in [0.1, 0.15) is 17.0 Å². The normalized spacial score (nSPS) is 10.5. The van der Waals surface area contributed by atoms with Gasteiger partial charge in [0.15, 0.2) is 5.69 Å². The summed E-state index contributed by atoms with van der Waals surface area (Å²) >= 11 is 0. The number of hydrogen-bond donors (Lipinski definition) is 0. The SMILES string of the molecule is COC(=O)c1c(-c2ccccc2OCCc2ccccc2)nn(-c2ccccc2)c1C(=O)OC. The molecule has 0 amide bonds. The predicted molar refractivity (Wildman–Crippen MR) is 127 cm³/mol. The first-order valence-corrected chi connectivity index (χ1v) is 10.7. The highest BCUT2D eigenvalue weighted by Crippen LogP contribution is 2.35. The molecule has 0 aliphatic carbocycles. The molecule has 0 fully saturated rings. The molecule has 0 spiro atoms. The van der Waals surface area contributed by atoms with Gasteiger partial charge in [-0.1, -0.05) is 60.7 Å². The van der Waals surface area contributed by atoms with Gasteiger partial charge in [0.2, 0.25) is 0 Å². The number of esters is 2. The third kappa shape index (κ3) is 4.68. The predicted octanol–water partition coefficient (Wildman–Crippen LogP) is 4.73. The Morgan fingerprint density at radius 2 is 1.41 bits per heavy atom. The van der Waals surface area contributed by atoms with Gasteiger partial charge in [-0.25, -0.2) is 14.3 Å². The number of aromatic nitrogens is 2. The van der Waals surface area contributed by atoms with Gasteiger partial charge in [-0.3, -0.25) is 0 Å². The van der Waals surface area contributed by atoms with Crippen LogP contribution in [0.1, 0.15) is 26.4 Å². The third-order valence-electron chi connectivity index (χ3n) is 5.29. The van der Waals surface area contributed by atoms with Crippen molar-refractivity contribution in [1.29, 1.82) is 0 Å². The van der Waals surface area contributed by atoms with E-state index < -0.39 is 11.9 Å². The molecular weight excluding hydrogens is 432 g/mol. The van der Waals surface area contributed by atoms with E-state index in [4.69, 9.17) is 14.2 Å². The van der Waals surface area contributed by atoms with Gasteiger partial charge in [0, 0.05) is 12.0 Å². The van der Waals surface area contributed by atoms with Crippen molar-refractivity contribution in [1.82, 2.24) is 9.78 Å². The van der Waals surface area contributed by atoms with Crippen LogP contribution in [-0.2, 0) is 15.9 Å². The standard InChI is InChI=1S/C27H24N2O5/c1-32-26(30)23-24(28-29(25(23)27(31)33-2)20-13-7-4-8-14-20)21-15-9-10-16-22(21)34-18-17-19-11-5-3-6-12-19/h3-16H,17-18H2,1-2H3. The van der Waals surface area contributed by atoms with Crippen molar-refractivity contribution in [2.45, 2.75) is 6.42 Å². The van der Waals surface area contributed by atoms with Gasteiger partial charge < -0.3 is 14.2 Å². The molecule has 0 unspecified atom stereocenters. The molecule has 7 nitrogen and oxygen atoms in total. The second kappa shape index (κ2) is 10.5. The van der Waals surface area contributed by atoms with Crippen LogP contribution >= 0.6 is 0 Å². The quantitative estimate of drug-likeness (QED) is 0.357. The van der Waals surface area contributed by atoms with Crippen molar-refractivity contribution in [3.05, 3.63) is 102 Å². The number of hydrogen-bond acceptors (Lipinski definition) is 6. The maximum absolute atomic E-state index is 12.9. The van der Waals surface area contributed by atoms with Gasteiger partial charge in [0.25, 0.3) is 0 Å². The first-order chi connectivity index (χ1) is 16.6. The molecule has 0 N–H and O–H groups in total. The van der Waals surface area contributed by atoms with Crippen molar-refractivity contribution in [2.75, 3.05) is 20.8 Å². The van der Waals surface area contributed by atoms with Crippen LogP contribution in [0.5, 0.6) is 5.75 Å². The Hall–Kier alpha value is -4.39. The fraction of sp³-hybridized carbons (Fsp3) is 0.148. The van der Waals surface area contributed by atoms with Crippen LogP contribution in [0, 0.1) is 0 Å². The van der Waals surface area contributed by atoms with E-state index >= 15 is 0 Å². The number of benzene rings is 3. The van der Waals surface area contributed by atoms with E-state index in [2.05, 4.69) is 5.10 Å². The van der Waals surface area contributed by atoms with Gasteiger partial charge in [-0.2, -0.15) is 5.10 Å². The highest BCUT2D eigenvalue weighted by Gasteiger charge is 2.32. The second-order valence-corrected chi connectivity index (χ2v) is 7.38. The van der Waals surface area contributed by atoms with Crippen LogP contribution in [0.25, 0.3) is 16.9 Å². The summed E-state index contributed by atoms with van der Waals surface area (Å²) < 4.78 is 17.5. The third-order valence-corrected chi connectivity index (χ3v) is 5.29. The number of ether oxygens (including phenoxy) is 3. The molecule has 172 valence electrons. The monoisotopic (exact) mass is 456 g/mol. The zero-order chi connectivity index (χ0) is 23.9. The Balaban J connectivity index is 1.80. The summed E-state index contributed by atoms with van der Waals surface area (Å²) in [6, 6.07) is 26.3. The summed E-state index contributed by atoms with van der Waals surface area (Å²) in [6.45, 7) is 0.428. The van der Waals surface area contributed by atoms with Crippen molar-refractivity contribution in [3.63, 3.8) is 0 Å². The van der Waals surface area contributed by atoms with Gasteiger partial charge in [-0.15, -0.1) is 0 Å². The molecule has 0 aliphatic rings. The summed E-state index contributed by atoms with van der Waals surface area (Å²) in [5.41, 5.74) is 2.58. The molecule has 1 aromatic heterocycles. The zero-order valence-electron chi connectivity index (χ0n) is 18.9. The number of para-hydroxylation sites is 2. The summed E-state index contributed by atoms with van der Waals surface area (Å²) in [7, 11) is 2.52. The lowest BCUT2D eigenvalue weighted by atomic mass is 10.0. The minimum Gasteiger partial charge on any atom is -0.493 e. The minimum atomic E-state index is -0.703. The zero-order valence-corrected chi connectivity index (χ0v) is 18.9. The molecule has 0 aliphatic heterocycles. The average Bonchev–Trinajstić information content (AvgIpc) is 3.30. The fourth-order valence-electron chi connectivity index (χ4n) is 3.65. The van der Waals surface area contributed by atoms with Crippen molar-refractivity contribution in [2.24, 2.45) is 0 Å². The maximum Gasteiger partial charge on any atom is 0.357 e. The fourth-order valence-corrected chi connectivity index (χ4v) is 3.65. The highest BCUT2D eigenvalue weighted by atomic mass is 16.5.